The van der Waals surface area contributed by atoms with Gasteiger partial charge in [-0.2, -0.15) is 0 Å². The summed E-state index contributed by atoms with van der Waals surface area (Å²) in [7, 11) is 0. The van der Waals surface area contributed by atoms with Gasteiger partial charge >= 0.3 is 5.97 Å². The van der Waals surface area contributed by atoms with Crippen molar-refractivity contribution >= 4 is 16.7 Å². The summed E-state index contributed by atoms with van der Waals surface area (Å²) < 4.78 is 4.84. The lowest BCUT2D eigenvalue weighted by Crippen LogP contribution is -2.02. The Bertz CT molecular complexity index is 482. The first-order valence-corrected chi connectivity index (χ1v) is 4.14. The number of hydrogen-bond donors (Lipinski definition) is 0. The molecule has 4 nitrogen and oxygen atoms in total. The van der Waals surface area contributed by atoms with Crippen LogP contribution in [0.4, 0.5) is 0 Å². The molecule has 2 aromatic heterocycles. The van der Waals surface area contributed by atoms with Crippen molar-refractivity contribution in [3.05, 3.63) is 30.7 Å². The van der Waals surface area contributed by atoms with Gasteiger partial charge < -0.3 is 4.74 Å². The first-order chi connectivity index (χ1) is 6.75. The van der Waals surface area contributed by atoms with Gasteiger partial charge in [0.2, 0.25) is 5.88 Å². The molecule has 0 saturated carbocycles. The van der Waals surface area contributed by atoms with E-state index in [0.29, 0.717) is 5.88 Å². The summed E-state index contributed by atoms with van der Waals surface area (Å²) in [5.41, 5.74) is 0. The lowest BCUT2D eigenvalue weighted by atomic mass is 10.2. The summed E-state index contributed by atoms with van der Waals surface area (Å²) >= 11 is 0. The van der Waals surface area contributed by atoms with E-state index in [4.69, 9.17) is 4.74 Å². The molecule has 0 aliphatic carbocycles. The van der Waals surface area contributed by atoms with Crippen LogP contribution in [0.15, 0.2) is 30.7 Å². The van der Waals surface area contributed by atoms with Crippen LogP contribution in [0.1, 0.15) is 6.92 Å². The lowest BCUT2D eigenvalue weighted by molar-refractivity contribution is -0.132. The fourth-order valence-corrected chi connectivity index (χ4v) is 1.16. The standard InChI is InChI=1S/C10H8N2O2/c1-7(13)14-10-4-9-5-11-3-2-8(9)6-12-10/h2-6H,1H3. The Hall–Kier alpha value is -1.97. The molecule has 0 fully saturated rings. The van der Waals surface area contributed by atoms with E-state index in [1.54, 1.807) is 24.7 Å². The molecule has 4 heteroatoms. The van der Waals surface area contributed by atoms with E-state index in [1.807, 2.05) is 6.07 Å². The minimum atomic E-state index is -0.374. The monoisotopic (exact) mass is 188 g/mol. The van der Waals surface area contributed by atoms with Crippen LogP contribution in [0, 0.1) is 0 Å². The van der Waals surface area contributed by atoms with E-state index >= 15 is 0 Å². The zero-order valence-electron chi connectivity index (χ0n) is 7.60. The van der Waals surface area contributed by atoms with Crippen LogP contribution in [-0.2, 0) is 4.79 Å². The molecule has 0 unspecified atom stereocenters. The average Bonchev–Trinajstić information content (AvgIpc) is 2.17. The van der Waals surface area contributed by atoms with Crippen molar-refractivity contribution in [1.29, 1.82) is 0 Å². The average molecular weight is 188 g/mol. The van der Waals surface area contributed by atoms with Gasteiger partial charge in [-0.3, -0.25) is 9.78 Å². The maximum absolute atomic E-state index is 10.7. The Kier molecular flexibility index (Phi) is 2.10. The van der Waals surface area contributed by atoms with Crippen LogP contribution < -0.4 is 4.74 Å². The molecule has 0 aliphatic rings. The summed E-state index contributed by atoms with van der Waals surface area (Å²) in [4.78, 5) is 18.6. The van der Waals surface area contributed by atoms with Gasteiger partial charge in [0.1, 0.15) is 0 Å². The second-order valence-corrected chi connectivity index (χ2v) is 2.84. The molecule has 0 bridgehead atoms. The van der Waals surface area contributed by atoms with E-state index in [1.165, 1.54) is 6.92 Å². The van der Waals surface area contributed by atoms with Crippen molar-refractivity contribution in [3.63, 3.8) is 0 Å². The first-order valence-electron chi connectivity index (χ1n) is 4.14. The molecule has 2 aromatic rings. The third-order valence-corrected chi connectivity index (χ3v) is 1.75. The minimum absolute atomic E-state index is 0.304. The number of fused-ring (bicyclic) bond motifs is 1. The summed E-state index contributed by atoms with van der Waals surface area (Å²) in [6.07, 6.45) is 5.04. The van der Waals surface area contributed by atoms with Gasteiger partial charge in [-0.25, -0.2) is 4.98 Å². The topological polar surface area (TPSA) is 52.1 Å². The van der Waals surface area contributed by atoms with Crippen molar-refractivity contribution in [1.82, 2.24) is 9.97 Å². The highest BCUT2D eigenvalue weighted by atomic mass is 16.5. The molecule has 0 saturated heterocycles. The Labute approximate surface area is 80.6 Å². The quantitative estimate of drug-likeness (QED) is 0.637. The number of pyridine rings is 2. The maximum atomic E-state index is 10.7. The van der Waals surface area contributed by atoms with Gasteiger partial charge in [-0.05, 0) is 6.07 Å². The number of esters is 1. The highest BCUT2D eigenvalue weighted by Gasteiger charge is 2.00. The molecule has 0 aliphatic heterocycles. The van der Waals surface area contributed by atoms with Gasteiger partial charge in [0.05, 0.1) is 0 Å². The molecule has 70 valence electrons. The molecule has 2 rings (SSSR count). The third kappa shape index (κ3) is 1.69. The second kappa shape index (κ2) is 3.41. The lowest BCUT2D eigenvalue weighted by Gasteiger charge is -2.00. The van der Waals surface area contributed by atoms with Crippen LogP contribution >= 0.6 is 0 Å². The number of aromatic nitrogens is 2. The van der Waals surface area contributed by atoms with Crippen molar-refractivity contribution in [2.45, 2.75) is 6.92 Å². The summed E-state index contributed by atoms with van der Waals surface area (Å²) in [6, 6.07) is 3.53. The highest BCUT2D eigenvalue weighted by Crippen LogP contribution is 2.16. The number of ether oxygens (including phenoxy) is 1. The predicted molar refractivity (Wildman–Crippen MR) is 50.8 cm³/mol. The molecule has 2 heterocycles. The molecule has 0 atom stereocenters. The van der Waals surface area contributed by atoms with E-state index in [0.717, 1.165) is 10.8 Å². The Balaban J connectivity index is 2.46. The van der Waals surface area contributed by atoms with Crippen LogP contribution in [-0.4, -0.2) is 15.9 Å². The largest absolute Gasteiger partial charge is 0.408 e. The number of carbonyl (C=O) groups is 1. The molecule has 0 amide bonds. The SMILES string of the molecule is CC(=O)Oc1cc2cnccc2cn1. The van der Waals surface area contributed by atoms with Crippen molar-refractivity contribution in [2.75, 3.05) is 0 Å². The molecule has 14 heavy (non-hydrogen) atoms. The van der Waals surface area contributed by atoms with Crippen LogP contribution in [0.25, 0.3) is 10.8 Å². The predicted octanol–water partition coefficient (Wildman–Crippen LogP) is 1.56. The molecular weight excluding hydrogens is 180 g/mol. The van der Waals surface area contributed by atoms with Gasteiger partial charge in [0.25, 0.3) is 0 Å². The number of hydrogen-bond acceptors (Lipinski definition) is 4. The van der Waals surface area contributed by atoms with Gasteiger partial charge in [-0.15, -0.1) is 0 Å². The van der Waals surface area contributed by atoms with E-state index in [-0.39, 0.29) is 5.97 Å². The fourth-order valence-electron chi connectivity index (χ4n) is 1.16. The fraction of sp³-hybridized carbons (Fsp3) is 0.100. The number of carbonyl (C=O) groups excluding carboxylic acids is 1. The summed E-state index contributed by atoms with van der Waals surface area (Å²) in [6.45, 7) is 1.34. The van der Waals surface area contributed by atoms with Crippen LogP contribution in [0.2, 0.25) is 0 Å². The van der Waals surface area contributed by atoms with Gasteiger partial charge in [0.15, 0.2) is 0 Å². The Morgan fingerprint density at radius 3 is 3.00 bits per heavy atom. The maximum Gasteiger partial charge on any atom is 0.309 e. The Morgan fingerprint density at radius 2 is 2.21 bits per heavy atom. The smallest absolute Gasteiger partial charge is 0.309 e. The number of rotatable bonds is 1. The van der Waals surface area contributed by atoms with Crippen molar-refractivity contribution < 1.29 is 9.53 Å². The minimum Gasteiger partial charge on any atom is -0.408 e. The zero-order chi connectivity index (χ0) is 9.97. The van der Waals surface area contributed by atoms with Crippen molar-refractivity contribution in [2.24, 2.45) is 0 Å². The molecule has 0 aromatic carbocycles. The summed E-state index contributed by atoms with van der Waals surface area (Å²) in [5, 5.41) is 1.87. The molecule has 0 N–H and O–H groups in total. The molecular formula is C10H8N2O2. The Morgan fingerprint density at radius 1 is 1.36 bits per heavy atom. The molecule has 0 radical (unpaired) electrons. The van der Waals surface area contributed by atoms with Gasteiger partial charge in [-0.1, -0.05) is 0 Å². The van der Waals surface area contributed by atoms with Gasteiger partial charge in [0, 0.05) is 42.4 Å². The highest BCUT2D eigenvalue weighted by molar-refractivity contribution is 5.82. The normalized spacial score (nSPS) is 10.1. The third-order valence-electron chi connectivity index (χ3n) is 1.75. The van der Waals surface area contributed by atoms with E-state index < -0.39 is 0 Å². The van der Waals surface area contributed by atoms with E-state index in [2.05, 4.69) is 9.97 Å². The van der Waals surface area contributed by atoms with Crippen LogP contribution in [0.5, 0.6) is 5.88 Å². The van der Waals surface area contributed by atoms with Crippen LogP contribution in [0.3, 0.4) is 0 Å². The van der Waals surface area contributed by atoms with E-state index in [9.17, 15) is 4.79 Å². The number of nitrogens with zero attached hydrogens (tertiary/aromatic N) is 2. The summed E-state index contributed by atoms with van der Waals surface area (Å²) in [5.74, 6) is -0.0706. The first kappa shape index (κ1) is 8.62. The van der Waals surface area contributed by atoms with Crippen molar-refractivity contribution in [3.8, 4) is 5.88 Å². The second-order valence-electron chi connectivity index (χ2n) is 2.84. The zero-order valence-corrected chi connectivity index (χ0v) is 7.60. The molecule has 0 spiro atoms.